The van der Waals surface area contributed by atoms with Crippen LogP contribution in [0.4, 0.5) is 0 Å². The number of hydrogen-bond acceptors (Lipinski definition) is 3. The molecule has 2 atom stereocenters. The summed E-state index contributed by atoms with van der Waals surface area (Å²) in [6.45, 7) is 2.17. The van der Waals surface area contributed by atoms with Crippen LogP contribution >= 0.6 is 0 Å². The number of rotatable bonds is 3. The maximum atomic E-state index is 12.5. The number of nitrogens with zero attached hydrogens (tertiary/aromatic N) is 1. The fourth-order valence-corrected chi connectivity index (χ4v) is 3.34. The van der Waals surface area contributed by atoms with Gasteiger partial charge >= 0.3 is 0 Å². The molecule has 2 aliphatic rings. The molecule has 5 nitrogen and oxygen atoms in total. The smallest absolute Gasteiger partial charge is 0.234 e. The molecular weight excluding hydrogens is 230 g/mol. The second-order valence-electron chi connectivity index (χ2n) is 5.76. The SMILES string of the molecule is CC1CCCC1NC(=O)C1(C(N)=NO)CCCC1. The van der Waals surface area contributed by atoms with E-state index in [1.54, 1.807) is 0 Å². The van der Waals surface area contributed by atoms with Crippen molar-refractivity contribution < 1.29 is 10.0 Å². The molecule has 2 aliphatic carbocycles. The van der Waals surface area contributed by atoms with Gasteiger partial charge in [0.15, 0.2) is 5.84 Å². The molecule has 0 aromatic carbocycles. The lowest BCUT2D eigenvalue weighted by atomic mass is 9.83. The first kappa shape index (κ1) is 13.2. The molecule has 102 valence electrons. The lowest BCUT2D eigenvalue weighted by Gasteiger charge is -2.29. The van der Waals surface area contributed by atoms with E-state index in [-0.39, 0.29) is 17.8 Å². The highest BCUT2D eigenvalue weighted by Crippen LogP contribution is 2.39. The Balaban J connectivity index is 2.09. The zero-order chi connectivity index (χ0) is 13.2. The van der Waals surface area contributed by atoms with E-state index in [9.17, 15) is 4.79 Å². The number of amides is 1. The summed E-state index contributed by atoms with van der Waals surface area (Å²) < 4.78 is 0. The number of hydrogen-bond donors (Lipinski definition) is 3. The molecular formula is C13H23N3O2. The van der Waals surface area contributed by atoms with Crippen LogP contribution in [0, 0.1) is 11.3 Å². The van der Waals surface area contributed by atoms with Crippen molar-refractivity contribution in [3.63, 3.8) is 0 Å². The minimum atomic E-state index is -0.767. The van der Waals surface area contributed by atoms with Gasteiger partial charge in [-0.25, -0.2) is 0 Å². The Morgan fingerprint density at radius 3 is 2.50 bits per heavy atom. The molecule has 0 aliphatic heterocycles. The van der Waals surface area contributed by atoms with Crippen LogP contribution in [0.15, 0.2) is 5.16 Å². The third-order valence-corrected chi connectivity index (χ3v) is 4.67. The minimum absolute atomic E-state index is 0.0472. The van der Waals surface area contributed by atoms with Gasteiger partial charge in [-0.2, -0.15) is 0 Å². The molecule has 1 amide bonds. The van der Waals surface area contributed by atoms with Crippen LogP contribution in [-0.2, 0) is 4.79 Å². The topological polar surface area (TPSA) is 87.7 Å². The summed E-state index contributed by atoms with van der Waals surface area (Å²) in [4.78, 5) is 12.5. The molecule has 0 spiro atoms. The van der Waals surface area contributed by atoms with Crippen molar-refractivity contribution in [3.8, 4) is 0 Å². The van der Waals surface area contributed by atoms with Crippen molar-refractivity contribution in [1.82, 2.24) is 5.32 Å². The van der Waals surface area contributed by atoms with Gasteiger partial charge in [0, 0.05) is 6.04 Å². The molecule has 18 heavy (non-hydrogen) atoms. The Labute approximate surface area is 108 Å². The Morgan fingerprint density at radius 1 is 1.33 bits per heavy atom. The van der Waals surface area contributed by atoms with Crippen molar-refractivity contribution in [2.24, 2.45) is 22.2 Å². The van der Waals surface area contributed by atoms with Crippen molar-refractivity contribution in [2.75, 3.05) is 0 Å². The van der Waals surface area contributed by atoms with Crippen LogP contribution < -0.4 is 11.1 Å². The number of nitrogens with one attached hydrogen (secondary N) is 1. The Bertz CT molecular complexity index is 348. The van der Waals surface area contributed by atoms with Gasteiger partial charge in [-0.3, -0.25) is 4.79 Å². The standard InChI is InChI=1S/C13H23N3O2/c1-9-5-4-6-10(9)15-12(17)13(11(14)16-18)7-2-3-8-13/h9-10,18H,2-8H2,1H3,(H2,14,16)(H,15,17). The number of nitrogens with two attached hydrogens (primary N) is 1. The van der Waals surface area contributed by atoms with Gasteiger partial charge in [-0.15, -0.1) is 0 Å². The molecule has 0 saturated heterocycles. The molecule has 0 aromatic rings. The summed E-state index contributed by atoms with van der Waals surface area (Å²) in [5.74, 6) is 0.553. The van der Waals surface area contributed by atoms with Crippen LogP contribution in [0.2, 0.25) is 0 Å². The first-order valence-corrected chi connectivity index (χ1v) is 6.89. The van der Waals surface area contributed by atoms with Crippen molar-refractivity contribution in [1.29, 1.82) is 0 Å². The quantitative estimate of drug-likeness (QED) is 0.309. The van der Waals surface area contributed by atoms with Gasteiger partial charge in [0.25, 0.3) is 0 Å². The van der Waals surface area contributed by atoms with Crippen molar-refractivity contribution >= 4 is 11.7 Å². The molecule has 2 rings (SSSR count). The average molecular weight is 253 g/mol. The predicted octanol–water partition coefficient (Wildman–Crippen LogP) is 1.60. The molecule has 5 heteroatoms. The van der Waals surface area contributed by atoms with Crippen molar-refractivity contribution in [3.05, 3.63) is 0 Å². The second-order valence-corrected chi connectivity index (χ2v) is 5.76. The van der Waals surface area contributed by atoms with Gasteiger partial charge in [0.1, 0.15) is 5.41 Å². The molecule has 0 aromatic heterocycles. The van der Waals surface area contributed by atoms with Gasteiger partial charge < -0.3 is 16.3 Å². The van der Waals surface area contributed by atoms with E-state index in [2.05, 4.69) is 17.4 Å². The Morgan fingerprint density at radius 2 is 2.00 bits per heavy atom. The maximum Gasteiger partial charge on any atom is 0.234 e. The summed E-state index contributed by atoms with van der Waals surface area (Å²) in [6, 6.07) is 0.251. The van der Waals surface area contributed by atoms with E-state index in [1.165, 1.54) is 12.8 Å². The van der Waals surface area contributed by atoms with E-state index in [0.717, 1.165) is 19.3 Å². The Hall–Kier alpha value is -1.26. The molecule has 2 unspecified atom stereocenters. The number of carbonyl (C=O) groups is 1. The number of amidine groups is 1. The second kappa shape index (κ2) is 5.16. The average Bonchev–Trinajstić information content (AvgIpc) is 2.99. The lowest BCUT2D eigenvalue weighted by molar-refractivity contribution is -0.128. The Kier molecular flexibility index (Phi) is 3.78. The van der Waals surface area contributed by atoms with E-state index in [1.807, 2.05) is 0 Å². The third-order valence-electron chi connectivity index (χ3n) is 4.67. The zero-order valence-electron chi connectivity index (χ0n) is 11.0. The molecule has 2 saturated carbocycles. The normalized spacial score (nSPS) is 31.5. The summed E-state index contributed by atoms with van der Waals surface area (Å²) in [6.07, 6.45) is 6.68. The van der Waals surface area contributed by atoms with Gasteiger partial charge in [-0.1, -0.05) is 31.3 Å². The fraction of sp³-hybridized carbons (Fsp3) is 0.846. The first-order chi connectivity index (χ1) is 8.60. The molecule has 2 fully saturated rings. The minimum Gasteiger partial charge on any atom is -0.409 e. The van der Waals surface area contributed by atoms with Gasteiger partial charge in [-0.05, 0) is 31.6 Å². The van der Waals surface area contributed by atoms with Crippen LogP contribution in [-0.4, -0.2) is 23.0 Å². The third kappa shape index (κ3) is 2.18. The van der Waals surface area contributed by atoms with Crippen LogP contribution in [0.1, 0.15) is 51.9 Å². The maximum absolute atomic E-state index is 12.5. The largest absolute Gasteiger partial charge is 0.409 e. The van der Waals surface area contributed by atoms with E-state index >= 15 is 0 Å². The van der Waals surface area contributed by atoms with E-state index < -0.39 is 5.41 Å². The van der Waals surface area contributed by atoms with Gasteiger partial charge in [0.05, 0.1) is 0 Å². The molecule has 0 radical (unpaired) electrons. The molecule has 4 N–H and O–H groups in total. The fourth-order valence-electron chi connectivity index (χ4n) is 3.34. The first-order valence-electron chi connectivity index (χ1n) is 6.89. The summed E-state index contributed by atoms with van der Waals surface area (Å²) in [7, 11) is 0. The summed E-state index contributed by atoms with van der Waals surface area (Å²) in [5.41, 5.74) is 5.00. The van der Waals surface area contributed by atoms with E-state index in [0.29, 0.717) is 18.8 Å². The monoisotopic (exact) mass is 253 g/mol. The number of oxime groups is 1. The highest BCUT2D eigenvalue weighted by molar-refractivity contribution is 6.07. The molecule has 0 bridgehead atoms. The van der Waals surface area contributed by atoms with Crippen molar-refractivity contribution in [2.45, 2.75) is 57.9 Å². The highest BCUT2D eigenvalue weighted by atomic mass is 16.4. The zero-order valence-corrected chi connectivity index (χ0v) is 11.0. The predicted molar refractivity (Wildman–Crippen MR) is 69.3 cm³/mol. The van der Waals surface area contributed by atoms with Crippen LogP contribution in [0.25, 0.3) is 0 Å². The van der Waals surface area contributed by atoms with Gasteiger partial charge in [0.2, 0.25) is 5.91 Å². The highest BCUT2D eigenvalue weighted by Gasteiger charge is 2.46. The van der Waals surface area contributed by atoms with Crippen LogP contribution in [0.5, 0.6) is 0 Å². The summed E-state index contributed by atoms with van der Waals surface area (Å²) >= 11 is 0. The van der Waals surface area contributed by atoms with Crippen LogP contribution in [0.3, 0.4) is 0 Å². The molecule has 0 heterocycles. The summed E-state index contributed by atoms with van der Waals surface area (Å²) in [5, 5.41) is 15.1. The number of carbonyl (C=O) groups excluding carboxylic acids is 1. The lowest BCUT2D eigenvalue weighted by Crippen LogP contribution is -2.51. The van der Waals surface area contributed by atoms with E-state index in [4.69, 9.17) is 10.9 Å².